The zero-order chi connectivity index (χ0) is 41.3. The average Bonchev–Trinajstić information content (AvgIpc) is 3.19. The molecule has 5 rings (SSSR count). The molecule has 56 heavy (non-hydrogen) atoms. The molecule has 0 aromatic rings. The summed E-state index contributed by atoms with van der Waals surface area (Å²) in [6, 6.07) is 0. The first-order valence-electron chi connectivity index (χ1n) is 18.9. The van der Waals surface area contributed by atoms with Crippen molar-refractivity contribution >= 4 is 0 Å². The van der Waals surface area contributed by atoms with E-state index in [4.69, 9.17) is 42.6 Å². The Hall–Kier alpha value is -0.880. The third-order valence-corrected chi connectivity index (χ3v) is 11.7. The van der Waals surface area contributed by atoms with Gasteiger partial charge in [0.1, 0.15) is 85.5 Å². The molecular weight excluding hydrogens is 760 g/mol. The van der Waals surface area contributed by atoms with Crippen LogP contribution in [0.25, 0.3) is 0 Å². The lowest BCUT2D eigenvalue weighted by molar-refractivity contribution is -0.376. The van der Waals surface area contributed by atoms with Gasteiger partial charge in [0.2, 0.25) is 0 Å². The lowest BCUT2D eigenvalue weighted by Crippen LogP contribution is -2.65. The second-order valence-electron chi connectivity index (χ2n) is 15.4. The molecule has 11 unspecified atom stereocenters. The number of ether oxygens (including phenoxy) is 9. The van der Waals surface area contributed by atoms with E-state index in [2.05, 4.69) is 0 Å². The Balaban J connectivity index is 1.27. The quantitative estimate of drug-likeness (QED) is 0.0821. The topological polar surface area (TPSA) is 346 Å². The molecule has 0 saturated carbocycles. The van der Waals surface area contributed by atoms with Gasteiger partial charge in [-0.05, 0) is 6.92 Å². The molecule has 328 valence electrons. The van der Waals surface area contributed by atoms with Gasteiger partial charge in [-0.2, -0.15) is 0 Å². The molecule has 0 aliphatic carbocycles. The SMILES string of the molecule is CC1C(O)[C@H](O[C@@H]2OC(CO[C@H]3OC(CO)[C@@H](O)C(O)[C@H]3O[C@@H]3O[C@@H](CO)[C@@H](O)C(O)C3C)[C@@H](O)C(O)[C@H]2O)C(CO)O[C@H]1O[C@@H]1C(CO)O[C@@H](C)[C@@H](C)C1O. The minimum Gasteiger partial charge on any atom is -0.394 e. The van der Waals surface area contributed by atoms with Gasteiger partial charge in [-0.3, -0.25) is 0 Å². The average molecular weight is 821 g/mol. The fraction of sp³-hybridized carbons (Fsp3) is 1.00. The summed E-state index contributed by atoms with van der Waals surface area (Å²) in [5.74, 6) is -2.22. The minimum atomic E-state index is -1.92. The van der Waals surface area contributed by atoms with E-state index in [0.29, 0.717) is 0 Å². The largest absolute Gasteiger partial charge is 0.394 e. The molecular formula is C34H60O22. The molecule has 5 heterocycles. The molecule has 22 heteroatoms. The summed E-state index contributed by atoms with van der Waals surface area (Å²) in [4.78, 5) is 0. The minimum absolute atomic E-state index is 0.380. The number of hydrogen-bond donors (Lipinski definition) is 13. The predicted octanol–water partition coefficient (Wildman–Crippen LogP) is -7.03. The zero-order valence-corrected chi connectivity index (χ0v) is 31.5. The van der Waals surface area contributed by atoms with Gasteiger partial charge in [-0.1, -0.05) is 20.8 Å². The van der Waals surface area contributed by atoms with Crippen LogP contribution in [-0.4, -0.2) is 234 Å². The Morgan fingerprint density at radius 3 is 1.34 bits per heavy atom. The maximum absolute atomic E-state index is 11.4. The van der Waals surface area contributed by atoms with Gasteiger partial charge in [0, 0.05) is 17.8 Å². The van der Waals surface area contributed by atoms with Crippen LogP contribution in [0.1, 0.15) is 27.7 Å². The maximum atomic E-state index is 11.4. The second-order valence-corrected chi connectivity index (χ2v) is 15.4. The molecule has 5 saturated heterocycles. The van der Waals surface area contributed by atoms with Crippen molar-refractivity contribution in [3.63, 3.8) is 0 Å². The van der Waals surface area contributed by atoms with Gasteiger partial charge in [0.05, 0.1) is 57.5 Å². The maximum Gasteiger partial charge on any atom is 0.187 e. The summed E-state index contributed by atoms with van der Waals surface area (Å²) in [5.41, 5.74) is 0. The summed E-state index contributed by atoms with van der Waals surface area (Å²) >= 11 is 0. The van der Waals surface area contributed by atoms with Gasteiger partial charge in [0.15, 0.2) is 25.2 Å². The summed E-state index contributed by atoms with van der Waals surface area (Å²) in [5, 5.41) is 137. The van der Waals surface area contributed by atoms with Crippen molar-refractivity contribution in [2.75, 3.05) is 33.0 Å². The van der Waals surface area contributed by atoms with Crippen LogP contribution in [0.2, 0.25) is 0 Å². The van der Waals surface area contributed by atoms with Crippen molar-refractivity contribution in [2.24, 2.45) is 17.8 Å². The highest BCUT2D eigenvalue weighted by Crippen LogP contribution is 2.37. The van der Waals surface area contributed by atoms with Crippen LogP contribution >= 0.6 is 0 Å². The van der Waals surface area contributed by atoms with E-state index < -0.39 is 180 Å². The molecule has 22 nitrogen and oxygen atoms in total. The molecule has 0 bridgehead atoms. The molecule has 0 aromatic carbocycles. The van der Waals surface area contributed by atoms with Crippen LogP contribution in [0.3, 0.4) is 0 Å². The highest BCUT2D eigenvalue weighted by Gasteiger charge is 2.54. The van der Waals surface area contributed by atoms with Crippen LogP contribution in [0.15, 0.2) is 0 Å². The third-order valence-electron chi connectivity index (χ3n) is 11.7. The van der Waals surface area contributed by atoms with Crippen molar-refractivity contribution in [1.82, 2.24) is 0 Å². The molecule has 0 spiro atoms. The Bertz CT molecular complexity index is 1200. The van der Waals surface area contributed by atoms with Crippen molar-refractivity contribution in [1.29, 1.82) is 0 Å². The fourth-order valence-corrected chi connectivity index (χ4v) is 7.65. The zero-order valence-electron chi connectivity index (χ0n) is 31.5. The van der Waals surface area contributed by atoms with Gasteiger partial charge in [0.25, 0.3) is 0 Å². The second kappa shape index (κ2) is 19.7. The van der Waals surface area contributed by atoms with E-state index in [1.54, 1.807) is 13.8 Å². The van der Waals surface area contributed by atoms with E-state index >= 15 is 0 Å². The first-order valence-corrected chi connectivity index (χ1v) is 18.9. The van der Waals surface area contributed by atoms with Crippen molar-refractivity contribution in [3.05, 3.63) is 0 Å². The molecule has 13 N–H and O–H groups in total. The third kappa shape index (κ3) is 9.37. The summed E-state index contributed by atoms with van der Waals surface area (Å²) < 4.78 is 52.3. The van der Waals surface area contributed by atoms with E-state index in [1.165, 1.54) is 13.8 Å². The van der Waals surface area contributed by atoms with Gasteiger partial charge < -0.3 is 109 Å². The van der Waals surface area contributed by atoms with E-state index in [9.17, 15) is 66.4 Å². The molecule has 5 aliphatic heterocycles. The van der Waals surface area contributed by atoms with E-state index in [0.717, 1.165) is 0 Å². The fourth-order valence-electron chi connectivity index (χ4n) is 7.65. The Morgan fingerprint density at radius 2 is 0.768 bits per heavy atom. The summed E-state index contributed by atoms with van der Waals surface area (Å²) in [6.45, 7) is 3.10. The summed E-state index contributed by atoms with van der Waals surface area (Å²) in [7, 11) is 0. The number of hydrogen-bond acceptors (Lipinski definition) is 22. The van der Waals surface area contributed by atoms with E-state index in [1.807, 2.05) is 0 Å². The lowest BCUT2D eigenvalue weighted by Gasteiger charge is -2.49. The normalized spacial score (nSPS) is 53.2. The molecule has 25 atom stereocenters. The van der Waals surface area contributed by atoms with Crippen LogP contribution in [0, 0.1) is 17.8 Å². The van der Waals surface area contributed by atoms with Crippen molar-refractivity contribution < 1.29 is 109 Å². The summed E-state index contributed by atoms with van der Waals surface area (Å²) in [6.07, 6.45) is -31.6. The lowest BCUT2D eigenvalue weighted by atomic mass is 9.88. The van der Waals surface area contributed by atoms with Gasteiger partial charge in [-0.25, -0.2) is 0 Å². The van der Waals surface area contributed by atoms with Crippen LogP contribution in [0.4, 0.5) is 0 Å². The van der Waals surface area contributed by atoms with Crippen LogP contribution < -0.4 is 0 Å². The van der Waals surface area contributed by atoms with Gasteiger partial charge in [-0.15, -0.1) is 0 Å². The Labute approximate surface area is 322 Å². The monoisotopic (exact) mass is 820 g/mol. The predicted molar refractivity (Wildman–Crippen MR) is 179 cm³/mol. The van der Waals surface area contributed by atoms with Crippen LogP contribution in [-0.2, 0) is 42.6 Å². The van der Waals surface area contributed by atoms with Crippen molar-refractivity contribution in [2.45, 2.75) is 163 Å². The number of aliphatic hydroxyl groups is 13. The smallest absolute Gasteiger partial charge is 0.187 e. The van der Waals surface area contributed by atoms with Crippen LogP contribution in [0.5, 0.6) is 0 Å². The highest BCUT2D eigenvalue weighted by atomic mass is 16.8. The molecule has 0 radical (unpaired) electrons. The Morgan fingerprint density at radius 1 is 0.357 bits per heavy atom. The number of aliphatic hydroxyl groups excluding tert-OH is 13. The number of rotatable bonds is 13. The highest BCUT2D eigenvalue weighted by molar-refractivity contribution is 4.97. The van der Waals surface area contributed by atoms with Crippen molar-refractivity contribution in [3.8, 4) is 0 Å². The first-order chi connectivity index (χ1) is 26.5. The standard InChI is InChI=1S/C34H60O22/c1-10-13(4)49-16(7-37)28(20(10)40)54-32-12(3)21(41)29(17(8-38)52-32)55-33-27(47)25(45)24(44)18(53-33)9-48-34-30(26(46)23(43)15(6-36)51-34)56-31-11(2)19(39)22(42)14(5-35)50-31/h10-47H,5-9H2,1-4H3/t10-,11?,12?,13+,14+,15?,16?,17?,18?,19?,20?,21?,22-,23-,24-,25?,26?,27-,28-,29-,30-,31+,32+,33+,34+/m1/s1. The molecule has 5 fully saturated rings. The molecule has 0 amide bonds. The van der Waals surface area contributed by atoms with E-state index in [-0.39, 0.29) is 5.92 Å². The first kappa shape index (κ1) is 46.2. The molecule has 0 aromatic heterocycles. The van der Waals surface area contributed by atoms with Gasteiger partial charge >= 0.3 is 0 Å². The Kier molecular flexibility index (Phi) is 16.2. The molecule has 5 aliphatic rings.